The van der Waals surface area contributed by atoms with E-state index in [4.69, 9.17) is 9.47 Å². The molecule has 11 nitrogen and oxygen atoms in total. The van der Waals surface area contributed by atoms with Crippen molar-refractivity contribution in [3.05, 3.63) is 57.9 Å². The van der Waals surface area contributed by atoms with Gasteiger partial charge in [-0.05, 0) is 28.8 Å². The van der Waals surface area contributed by atoms with E-state index in [1.165, 1.54) is 11.3 Å². The molecule has 3 heterocycles. The fraction of sp³-hybridized carbons (Fsp3) is 0.273. The molecule has 34 heavy (non-hydrogen) atoms. The summed E-state index contributed by atoms with van der Waals surface area (Å²) in [6.07, 6.45) is 0. The van der Waals surface area contributed by atoms with E-state index >= 15 is 0 Å². The maximum absolute atomic E-state index is 12.6. The molecule has 1 aliphatic rings. The molecule has 4 rings (SSSR count). The van der Waals surface area contributed by atoms with Gasteiger partial charge in [0.1, 0.15) is 6.61 Å². The Morgan fingerprint density at radius 3 is 2.68 bits per heavy atom. The summed E-state index contributed by atoms with van der Waals surface area (Å²) in [7, 11) is 0. The maximum atomic E-state index is 12.6. The van der Waals surface area contributed by atoms with Gasteiger partial charge >= 0.3 is 5.97 Å². The van der Waals surface area contributed by atoms with Crippen LogP contribution in [0.3, 0.4) is 0 Å². The lowest BCUT2D eigenvalue weighted by molar-refractivity contribution is 0.0192. The third-order valence-corrected chi connectivity index (χ3v) is 5.95. The molecule has 1 aliphatic heterocycles. The normalized spacial score (nSPS) is 13.9. The van der Waals surface area contributed by atoms with Gasteiger partial charge in [0.05, 0.1) is 23.8 Å². The molecule has 2 N–H and O–H groups in total. The minimum absolute atomic E-state index is 0.0501. The summed E-state index contributed by atoms with van der Waals surface area (Å²) in [5.74, 6) is -2.67. The second-order valence-electron chi connectivity index (χ2n) is 7.23. The lowest BCUT2D eigenvalue weighted by atomic mass is 10.2. The number of hydrogen-bond donors (Lipinski definition) is 2. The van der Waals surface area contributed by atoms with Crippen LogP contribution in [0.5, 0.6) is 5.75 Å². The number of aromatic hydroxyl groups is 1. The Balaban J connectivity index is 1.53. The summed E-state index contributed by atoms with van der Waals surface area (Å²) in [6, 6.07) is 10.3. The molecule has 176 valence electrons. The quantitative estimate of drug-likeness (QED) is 0.365. The predicted molar refractivity (Wildman–Crippen MR) is 124 cm³/mol. The summed E-state index contributed by atoms with van der Waals surface area (Å²) < 4.78 is 10.5. The van der Waals surface area contributed by atoms with E-state index in [0.717, 1.165) is 13.1 Å². The predicted octanol–water partition coefficient (Wildman–Crippen LogP) is 3.05. The summed E-state index contributed by atoms with van der Waals surface area (Å²) in [5, 5.41) is 17.5. The molecule has 0 atom stereocenters. The number of esters is 1. The highest BCUT2D eigenvalue weighted by atomic mass is 32.1. The van der Waals surface area contributed by atoms with Crippen LogP contribution in [-0.4, -0.2) is 71.3 Å². The van der Waals surface area contributed by atoms with E-state index in [0.29, 0.717) is 35.9 Å². The van der Waals surface area contributed by atoms with E-state index < -0.39 is 23.2 Å². The zero-order chi connectivity index (χ0) is 23.9. The largest absolute Gasteiger partial charge is 0.502 e. The zero-order valence-electron chi connectivity index (χ0n) is 18.0. The molecule has 0 spiro atoms. The Hall–Kier alpha value is -3.74. The number of hydrogen-bond acceptors (Lipinski definition) is 11. The summed E-state index contributed by atoms with van der Waals surface area (Å²) in [5.41, 5.74) is 0.356. The number of nitrogens with one attached hydrogen (secondary N) is 1. The van der Waals surface area contributed by atoms with Crippen molar-refractivity contribution in [3.63, 3.8) is 0 Å². The minimum atomic E-state index is -0.911. The van der Waals surface area contributed by atoms with Gasteiger partial charge in [0, 0.05) is 25.2 Å². The van der Waals surface area contributed by atoms with Gasteiger partial charge in [-0.2, -0.15) is 0 Å². The molecule has 1 saturated heterocycles. The number of nitrogens with zero attached hydrogens (tertiary/aromatic N) is 4. The molecular weight excluding hydrogens is 462 g/mol. The fourth-order valence-electron chi connectivity index (χ4n) is 3.28. The van der Waals surface area contributed by atoms with Crippen LogP contribution in [0.15, 0.2) is 47.0 Å². The maximum Gasteiger partial charge on any atom is 0.361 e. The Labute approximate surface area is 198 Å². The number of aromatic nitrogens is 2. The van der Waals surface area contributed by atoms with Gasteiger partial charge in [0.15, 0.2) is 17.3 Å². The molecule has 0 radical (unpaired) electrons. The van der Waals surface area contributed by atoms with E-state index in [-0.39, 0.29) is 18.3 Å². The Kier molecular flexibility index (Phi) is 7.52. The third kappa shape index (κ3) is 5.42. The monoisotopic (exact) mass is 483 g/mol. The Morgan fingerprint density at radius 1 is 1.18 bits per heavy atom. The van der Waals surface area contributed by atoms with Gasteiger partial charge in [-0.3, -0.25) is 9.69 Å². The Morgan fingerprint density at radius 2 is 1.94 bits per heavy atom. The fourth-order valence-corrected chi connectivity index (χ4v) is 4.06. The average molecular weight is 484 g/mol. The molecule has 3 aromatic rings. The Bertz CT molecular complexity index is 1180. The van der Waals surface area contributed by atoms with Gasteiger partial charge in [-0.15, -0.1) is 16.2 Å². The number of thiophene rings is 1. The molecule has 0 unspecified atom stereocenters. The van der Waals surface area contributed by atoms with Crippen molar-refractivity contribution in [2.24, 2.45) is 5.18 Å². The molecule has 0 bridgehead atoms. The van der Waals surface area contributed by atoms with E-state index in [9.17, 15) is 19.6 Å². The van der Waals surface area contributed by atoms with Crippen molar-refractivity contribution in [1.82, 2.24) is 14.9 Å². The number of ether oxygens (including phenoxy) is 2. The van der Waals surface area contributed by atoms with Crippen LogP contribution in [0.2, 0.25) is 0 Å². The van der Waals surface area contributed by atoms with E-state index in [1.54, 1.807) is 41.8 Å². The third-order valence-electron chi connectivity index (χ3n) is 5.04. The van der Waals surface area contributed by atoms with Gasteiger partial charge in [-0.25, -0.2) is 14.8 Å². The topological polar surface area (TPSA) is 143 Å². The highest BCUT2D eigenvalue weighted by molar-refractivity contribution is 7.14. The van der Waals surface area contributed by atoms with Crippen LogP contribution in [0.4, 0.5) is 11.5 Å². The van der Waals surface area contributed by atoms with Gasteiger partial charge in [0.25, 0.3) is 5.91 Å². The van der Waals surface area contributed by atoms with Gasteiger partial charge < -0.3 is 19.9 Å². The molecule has 1 amide bonds. The number of anilines is 1. The van der Waals surface area contributed by atoms with Crippen LogP contribution in [0, 0.1) is 4.91 Å². The molecule has 12 heteroatoms. The van der Waals surface area contributed by atoms with Gasteiger partial charge in [0.2, 0.25) is 5.82 Å². The highest BCUT2D eigenvalue weighted by Gasteiger charge is 2.24. The molecular formula is C22H21N5O6S. The summed E-state index contributed by atoms with van der Waals surface area (Å²) in [6.45, 7) is 3.25. The SMILES string of the molecule is O=Nc1nc(-c2sccc2NC(=O)c2ccccc2)nc(C(=O)OCCN2CCOCC2)c1O. The van der Waals surface area contributed by atoms with Crippen LogP contribution >= 0.6 is 11.3 Å². The second kappa shape index (κ2) is 10.9. The first-order valence-electron chi connectivity index (χ1n) is 10.4. The minimum Gasteiger partial charge on any atom is -0.502 e. The first-order valence-corrected chi connectivity index (χ1v) is 11.3. The van der Waals surface area contributed by atoms with Crippen LogP contribution < -0.4 is 5.32 Å². The van der Waals surface area contributed by atoms with E-state index in [2.05, 4.69) is 25.4 Å². The molecule has 2 aromatic heterocycles. The molecule has 0 saturated carbocycles. The number of benzene rings is 1. The molecule has 0 aliphatic carbocycles. The first-order chi connectivity index (χ1) is 16.6. The van der Waals surface area contributed by atoms with Crippen molar-refractivity contribution in [1.29, 1.82) is 0 Å². The lowest BCUT2D eigenvalue weighted by Gasteiger charge is -2.26. The van der Waals surface area contributed by atoms with E-state index in [1.807, 2.05) is 0 Å². The van der Waals surface area contributed by atoms with Crippen LogP contribution in [0.1, 0.15) is 20.8 Å². The lowest BCUT2D eigenvalue weighted by Crippen LogP contribution is -2.38. The molecule has 1 aromatic carbocycles. The van der Waals surface area contributed by atoms with Crippen LogP contribution in [-0.2, 0) is 9.47 Å². The first kappa shape index (κ1) is 23.4. The van der Waals surface area contributed by atoms with Crippen molar-refractivity contribution in [3.8, 4) is 16.5 Å². The smallest absolute Gasteiger partial charge is 0.361 e. The number of amides is 1. The number of morpholine rings is 1. The second-order valence-corrected chi connectivity index (χ2v) is 8.15. The summed E-state index contributed by atoms with van der Waals surface area (Å²) in [4.78, 5) is 47.0. The average Bonchev–Trinajstić information content (AvgIpc) is 3.33. The van der Waals surface area contributed by atoms with Crippen molar-refractivity contribution in [2.75, 3.05) is 44.8 Å². The number of carbonyl (C=O) groups excluding carboxylic acids is 2. The van der Waals surface area contributed by atoms with Crippen molar-refractivity contribution >= 4 is 34.7 Å². The highest BCUT2D eigenvalue weighted by Crippen LogP contribution is 2.36. The number of rotatable bonds is 8. The summed E-state index contributed by atoms with van der Waals surface area (Å²) >= 11 is 1.19. The van der Waals surface area contributed by atoms with Crippen molar-refractivity contribution < 1.29 is 24.2 Å². The number of carbonyl (C=O) groups is 2. The van der Waals surface area contributed by atoms with Crippen molar-refractivity contribution in [2.45, 2.75) is 0 Å². The van der Waals surface area contributed by atoms with Crippen LogP contribution in [0.25, 0.3) is 10.7 Å². The molecule has 1 fully saturated rings. The van der Waals surface area contributed by atoms with Gasteiger partial charge in [-0.1, -0.05) is 18.2 Å². The number of nitroso groups, excluding NO2 is 1. The zero-order valence-corrected chi connectivity index (χ0v) is 18.8. The standard InChI is InChI=1S/C22H21N5O6S/c28-17-16(22(30)33-12-9-27-7-10-32-11-8-27)24-20(25-19(17)26-31)18-15(6-13-34-18)23-21(29)14-4-2-1-3-5-14/h1-6,13,28H,7-12H2,(H,23,29).